The molecule has 0 saturated heterocycles. The molecule has 0 bridgehead atoms. The van der Waals surface area contributed by atoms with E-state index in [2.05, 4.69) is 9.97 Å². The Balaban J connectivity index is 2.26. The van der Waals surface area contributed by atoms with Crippen LogP contribution in [-0.2, 0) is 15.1 Å². The maximum atomic E-state index is 12.0. The fraction of sp³-hybridized carbons (Fsp3) is 0.118. The Morgan fingerprint density at radius 2 is 1.68 bits per heavy atom. The van der Waals surface area contributed by atoms with Crippen molar-refractivity contribution in [2.75, 3.05) is 7.11 Å². The first-order valence-electron chi connectivity index (χ1n) is 6.75. The van der Waals surface area contributed by atoms with Crippen LogP contribution in [0.4, 0.5) is 0 Å². The van der Waals surface area contributed by atoms with Crippen LogP contribution >= 0.6 is 0 Å². The maximum absolute atomic E-state index is 12.0. The van der Waals surface area contributed by atoms with Gasteiger partial charge >= 0.3 is 5.97 Å². The van der Waals surface area contributed by atoms with Gasteiger partial charge in [-0.1, -0.05) is 42.5 Å². The number of fused-ring (bicyclic) bond motifs is 1. The molecule has 3 rings (SSSR count). The van der Waals surface area contributed by atoms with Gasteiger partial charge in [-0.05, 0) is 12.1 Å². The standard InChI is InChI=1S/C17H14N2O3/c1-22-17(16(20)21,12-7-3-2-4-8-12)15-11-18-13-9-5-6-10-14(13)19-15/h2-11H,1H3,(H,20,21). The van der Waals surface area contributed by atoms with Gasteiger partial charge in [-0.2, -0.15) is 0 Å². The molecule has 0 aliphatic heterocycles. The van der Waals surface area contributed by atoms with Crippen LogP contribution in [0.15, 0.2) is 60.8 Å². The van der Waals surface area contributed by atoms with Gasteiger partial charge in [-0.15, -0.1) is 0 Å². The number of aromatic nitrogens is 2. The molecule has 1 heterocycles. The number of methoxy groups -OCH3 is 1. The monoisotopic (exact) mass is 294 g/mol. The summed E-state index contributed by atoms with van der Waals surface area (Å²) in [6.45, 7) is 0. The van der Waals surface area contributed by atoms with Gasteiger partial charge in [0.15, 0.2) is 0 Å². The van der Waals surface area contributed by atoms with Crippen molar-refractivity contribution in [3.63, 3.8) is 0 Å². The molecule has 0 aliphatic carbocycles. The third-order valence-corrected chi connectivity index (χ3v) is 3.60. The minimum Gasteiger partial charge on any atom is -0.479 e. The van der Waals surface area contributed by atoms with Crippen molar-refractivity contribution in [2.24, 2.45) is 0 Å². The quantitative estimate of drug-likeness (QED) is 0.800. The number of rotatable bonds is 4. The molecular weight excluding hydrogens is 280 g/mol. The summed E-state index contributed by atoms with van der Waals surface area (Å²) in [7, 11) is 1.36. The number of nitrogens with zero attached hydrogens (tertiary/aromatic N) is 2. The highest BCUT2D eigenvalue weighted by atomic mass is 16.5. The smallest absolute Gasteiger partial charge is 0.347 e. The fourth-order valence-corrected chi connectivity index (χ4v) is 2.49. The highest BCUT2D eigenvalue weighted by Gasteiger charge is 2.44. The van der Waals surface area contributed by atoms with Gasteiger partial charge < -0.3 is 9.84 Å². The van der Waals surface area contributed by atoms with E-state index in [1.54, 1.807) is 30.3 Å². The number of carbonyl (C=O) groups is 1. The van der Waals surface area contributed by atoms with Gasteiger partial charge in [0.25, 0.3) is 0 Å². The van der Waals surface area contributed by atoms with Crippen molar-refractivity contribution in [1.29, 1.82) is 0 Å². The average Bonchev–Trinajstić information content (AvgIpc) is 2.56. The summed E-state index contributed by atoms with van der Waals surface area (Å²) in [4.78, 5) is 20.7. The second kappa shape index (κ2) is 5.54. The molecule has 110 valence electrons. The van der Waals surface area contributed by atoms with Crippen LogP contribution in [0, 0.1) is 0 Å². The molecule has 3 aromatic rings. The van der Waals surface area contributed by atoms with Crippen molar-refractivity contribution in [2.45, 2.75) is 5.60 Å². The summed E-state index contributed by atoms with van der Waals surface area (Å²) < 4.78 is 5.42. The minimum atomic E-state index is -1.68. The highest BCUT2D eigenvalue weighted by molar-refractivity contribution is 5.84. The van der Waals surface area contributed by atoms with Crippen molar-refractivity contribution < 1.29 is 14.6 Å². The van der Waals surface area contributed by atoms with Gasteiger partial charge in [0.05, 0.1) is 17.2 Å². The van der Waals surface area contributed by atoms with Crippen LogP contribution in [0.3, 0.4) is 0 Å². The van der Waals surface area contributed by atoms with Gasteiger partial charge in [-0.3, -0.25) is 4.98 Å². The molecule has 1 N–H and O–H groups in total. The number of para-hydroxylation sites is 2. The van der Waals surface area contributed by atoms with E-state index < -0.39 is 11.6 Å². The van der Waals surface area contributed by atoms with Crippen LogP contribution in [0.5, 0.6) is 0 Å². The molecule has 0 saturated carbocycles. The highest BCUT2D eigenvalue weighted by Crippen LogP contribution is 2.32. The van der Waals surface area contributed by atoms with Crippen LogP contribution in [0.1, 0.15) is 11.3 Å². The normalized spacial score (nSPS) is 13.7. The largest absolute Gasteiger partial charge is 0.479 e. The van der Waals surface area contributed by atoms with E-state index in [1.807, 2.05) is 24.3 Å². The maximum Gasteiger partial charge on any atom is 0.347 e. The lowest BCUT2D eigenvalue weighted by Crippen LogP contribution is -2.40. The first kappa shape index (κ1) is 14.2. The second-order valence-electron chi connectivity index (χ2n) is 4.80. The number of hydrogen-bond acceptors (Lipinski definition) is 4. The summed E-state index contributed by atoms with van der Waals surface area (Å²) >= 11 is 0. The Kier molecular flexibility index (Phi) is 3.56. The van der Waals surface area contributed by atoms with Gasteiger partial charge in [0, 0.05) is 12.7 Å². The molecule has 1 unspecified atom stereocenters. The lowest BCUT2D eigenvalue weighted by molar-refractivity contribution is -0.158. The van der Waals surface area contributed by atoms with Crippen LogP contribution in [-0.4, -0.2) is 28.2 Å². The van der Waals surface area contributed by atoms with E-state index in [-0.39, 0.29) is 5.69 Å². The van der Waals surface area contributed by atoms with Crippen molar-refractivity contribution in [3.05, 3.63) is 72.1 Å². The number of benzene rings is 2. The minimum absolute atomic E-state index is 0.243. The predicted molar refractivity (Wildman–Crippen MR) is 81.4 cm³/mol. The van der Waals surface area contributed by atoms with E-state index in [9.17, 15) is 9.90 Å². The molecule has 0 aliphatic rings. The molecule has 22 heavy (non-hydrogen) atoms. The zero-order valence-electron chi connectivity index (χ0n) is 11.9. The van der Waals surface area contributed by atoms with Crippen molar-refractivity contribution >= 4 is 17.0 Å². The third-order valence-electron chi connectivity index (χ3n) is 3.60. The predicted octanol–water partition coefficient (Wildman–Crippen LogP) is 2.60. The molecule has 5 heteroatoms. The summed E-state index contributed by atoms with van der Waals surface area (Å²) in [6, 6.07) is 16.1. The Labute approximate surface area is 127 Å². The van der Waals surface area contributed by atoms with Crippen LogP contribution < -0.4 is 0 Å². The molecule has 1 atom stereocenters. The Morgan fingerprint density at radius 3 is 2.32 bits per heavy atom. The molecule has 0 fully saturated rings. The van der Waals surface area contributed by atoms with Gasteiger partial charge in [-0.25, -0.2) is 9.78 Å². The first-order valence-corrected chi connectivity index (χ1v) is 6.75. The number of hydrogen-bond donors (Lipinski definition) is 1. The molecule has 0 radical (unpaired) electrons. The number of carboxylic acid groups (broad SMARTS) is 1. The fourth-order valence-electron chi connectivity index (χ4n) is 2.49. The SMILES string of the molecule is COC(C(=O)O)(c1ccccc1)c1cnc2ccccc2n1. The van der Waals surface area contributed by atoms with Gasteiger partial charge in [0.1, 0.15) is 5.69 Å². The Hall–Kier alpha value is -2.79. The summed E-state index contributed by atoms with van der Waals surface area (Å²) in [5, 5.41) is 9.81. The van der Waals surface area contributed by atoms with Crippen molar-refractivity contribution in [1.82, 2.24) is 9.97 Å². The van der Waals surface area contributed by atoms with Crippen LogP contribution in [0.2, 0.25) is 0 Å². The number of ether oxygens (including phenoxy) is 1. The first-order chi connectivity index (χ1) is 10.7. The summed E-state index contributed by atoms with van der Waals surface area (Å²) in [5.41, 5.74) is 0.383. The molecule has 0 amide bonds. The van der Waals surface area contributed by atoms with E-state index in [0.29, 0.717) is 16.6 Å². The summed E-state index contributed by atoms with van der Waals surface area (Å²) in [6.07, 6.45) is 1.45. The zero-order chi connectivity index (χ0) is 15.6. The summed E-state index contributed by atoms with van der Waals surface area (Å²) in [5.74, 6) is -1.13. The Morgan fingerprint density at radius 1 is 1.05 bits per heavy atom. The molecular formula is C17H14N2O3. The van der Waals surface area contributed by atoms with E-state index in [0.717, 1.165) is 0 Å². The molecule has 5 nitrogen and oxygen atoms in total. The second-order valence-corrected chi connectivity index (χ2v) is 4.80. The third kappa shape index (κ3) is 2.12. The lowest BCUT2D eigenvalue weighted by atomic mass is 9.90. The van der Waals surface area contributed by atoms with Crippen LogP contribution in [0.25, 0.3) is 11.0 Å². The number of aliphatic carboxylic acids is 1. The topological polar surface area (TPSA) is 72.3 Å². The van der Waals surface area contributed by atoms with E-state index in [4.69, 9.17) is 4.74 Å². The molecule has 0 spiro atoms. The van der Waals surface area contributed by atoms with Gasteiger partial charge in [0.2, 0.25) is 5.60 Å². The lowest BCUT2D eigenvalue weighted by Gasteiger charge is -2.27. The molecule has 2 aromatic carbocycles. The number of carboxylic acids is 1. The zero-order valence-corrected chi connectivity index (χ0v) is 11.9. The average molecular weight is 294 g/mol. The van der Waals surface area contributed by atoms with E-state index >= 15 is 0 Å². The van der Waals surface area contributed by atoms with Crippen molar-refractivity contribution in [3.8, 4) is 0 Å². The van der Waals surface area contributed by atoms with E-state index in [1.165, 1.54) is 13.3 Å². The molecule has 1 aromatic heterocycles. The Bertz CT molecular complexity index is 820.